The molecule has 0 aliphatic carbocycles. The Morgan fingerprint density at radius 3 is 2.48 bits per heavy atom. The molecule has 0 N–H and O–H groups in total. The van der Waals surface area contributed by atoms with E-state index < -0.39 is 0 Å². The molecule has 0 saturated heterocycles. The van der Waals surface area contributed by atoms with E-state index in [1.54, 1.807) is 0 Å². The molecule has 2 heterocycles. The highest BCUT2D eigenvalue weighted by Crippen LogP contribution is 2.36. The number of hydrogen-bond acceptors (Lipinski definition) is 2. The van der Waals surface area contributed by atoms with E-state index in [9.17, 15) is 0 Å². The van der Waals surface area contributed by atoms with Crippen molar-refractivity contribution in [3.05, 3.63) is 84.1 Å². The summed E-state index contributed by atoms with van der Waals surface area (Å²) in [4.78, 5) is 7.11. The molecule has 0 amide bonds. The van der Waals surface area contributed by atoms with Crippen LogP contribution in [-0.2, 0) is 0 Å². The molecule has 2 aliphatic rings. The van der Waals surface area contributed by atoms with Crippen LogP contribution in [0.2, 0.25) is 0 Å². The maximum absolute atomic E-state index is 4.70. The van der Waals surface area contributed by atoms with E-state index in [2.05, 4.69) is 85.6 Å². The van der Waals surface area contributed by atoms with Crippen molar-refractivity contribution in [1.82, 2.24) is 0 Å². The summed E-state index contributed by atoms with van der Waals surface area (Å²) in [6.45, 7) is 5.45. The normalized spacial score (nSPS) is 17.6. The zero-order valence-corrected chi connectivity index (χ0v) is 17.6. The Morgan fingerprint density at radius 2 is 1.62 bits per heavy atom. The third-order valence-electron chi connectivity index (χ3n) is 5.76. The first kappa shape index (κ1) is 19.4. The molecule has 0 spiro atoms. The predicted molar refractivity (Wildman–Crippen MR) is 127 cm³/mol. The van der Waals surface area contributed by atoms with Gasteiger partial charge in [0.05, 0.1) is 5.69 Å². The van der Waals surface area contributed by atoms with Crippen molar-refractivity contribution in [2.24, 2.45) is 4.99 Å². The Kier molecular flexibility index (Phi) is 6.09. The fourth-order valence-corrected chi connectivity index (χ4v) is 4.15. The number of aliphatic imine (C=N–C) groups is 1. The molecule has 0 bridgehead atoms. The van der Waals surface area contributed by atoms with Gasteiger partial charge in [-0.2, -0.15) is 0 Å². The molecule has 2 aliphatic heterocycles. The molecule has 0 atom stereocenters. The van der Waals surface area contributed by atoms with Gasteiger partial charge in [0.2, 0.25) is 0 Å². The first-order chi connectivity index (χ1) is 14.3. The third kappa shape index (κ3) is 4.27. The van der Waals surface area contributed by atoms with Gasteiger partial charge in [0, 0.05) is 40.8 Å². The molecule has 2 heteroatoms. The molecular formula is C27H30N2. The van der Waals surface area contributed by atoms with Crippen molar-refractivity contribution >= 4 is 28.2 Å². The van der Waals surface area contributed by atoms with Crippen molar-refractivity contribution < 1.29 is 0 Å². The number of fused-ring (bicyclic) bond motifs is 2. The summed E-state index contributed by atoms with van der Waals surface area (Å²) in [6, 6.07) is 17.1. The largest absolute Gasteiger partial charge is 0.347 e. The summed E-state index contributed by atoms with van der Waals surface area (Å²) in [7, 11) is 0. The molecule has 0 fully saturated rings. The second-order valence-corrected chi connectivity index (χ2v) is 7.86. The van der Waals surface area contributed by atoms with Crippen LogP contribution in [0.5, 0.6) is 0 Å². The van der Waals surface area contributed by atoms with Crippen LogP contribution in [0.3, 0.4) is 0 Å². The number of unbranched alkanes of at least 4 members (excludes halogenated alkanes) is 4. The van der Waals surface area contributed by atoms with Gasteiger partial charge in [-0.15, -0.1) is 0 Å². The minimum absolute atomic E-state index is 1.07. The highest BCUT2D eigenvalue weighted by atomic mass is 15.1. The van der Waals surface area contributed by atoms with Crippen molar-refractivity contribution in [2.45, 2.75) is 46.0 Å². The Hall–Kier alpha value is -2.87. The average Bonchev–Trinajstić information content (AvgIpc) is 3.07. The van der Waals surface area contributed by atoms with E-state index in [-0.39, 0.29) is 0 Å². The van der Waals surface area contributed by atoms with Gasteiger partial charge in [-0.3, -0.25) is 4.99 Å². The number of hydrogen-bond donors (Lipinski definition) is 0. The number of para-hydroxylation sites is 2. The van der Waals surface area contributed by atoms with Crippen LogP contribution >= 0.6 is 0 Å². The van der Waals surface area contributed by atoms with Crippen LogP contribution < -0.4 is 4.90 Å². The van der Waals surface area contributed by atoms with Gasteiger partial charge in [0.15, 0.2) is 0 Å². The zero-order valence-electron chi connectivity index (χ0n) is 17.6. The monoisotopic (exact) mass is 382 g/mol. The van der Waals surface area contributed by atoms with E-state index >= 15 is 0 Å². The number of anilines is 1. The van der Waals surface area contributed by atoms with Gasteiger partial charge < -0.3 is 4.90 Å². The van der Waals surface area contributed by atoms with Gasteiger partial charge in [-0.25, -0.2) is 0 Å². The van der Waals surface area contributed by atoms with Gasteiger partial charge >= 0.3 is 0 Å². The lowest BCUT2D eigenvalue weighted by molar-refractivity contribution is 0.633. The molecule has 0 aromatic heterocycles. The lowest BCUT2D eigenvalue weighted by Gasteiger charge is -2.27. The van der Waals surface area contributed by atoms with Crippen LogP contribution in [0.15, 0.2) is 78.0 Å². The quantitative estimate of drug-likeness (QED) is 0.451. The smallest absolute Gasteiger partial charge is 0.0712 e. The molecular weight excluding hydrogens is 352 g/mol. The molecule has 148 valence electrons. The summed E-state index contributed by atoms with van der Waals surface area (Å²) >= 11 is 0. The molecule has 2 aromatic carbocycles. The van der Waals surface area contributed by atoms with Gasteiger partial charge in [-0.1, -0.05) is 81.2 Å². The number of allylic oxidation sites excluding steroid dienone is 5. The lowest BCUT2D eigenvalue weighted by atomic mass is 9.97. The Balaban J connectivity index is 1.55. The van der Waals surface area contributed by atoms with Crippen LogP contribution in [0, 0.1) is 0 Å². The van der Waals surface area contributed by atoms with Gasteiger partial charge in [-0.05, 0) is 37.1 Å². The summed E-state index contributed by atoms with van der Waals surface area (Å²) in [5.74, 6) is 0. The summed E-state index contributed by atoms with van der Waals surface area (Å²) in [6.07, 6.45) is 15.5. The first-order valence-corrected chi connectivity index (χ1v) is 10.9. The summed E-state index contributed by atoms with van der Waals surface area (Å²) in [5.41, 5.74) is 8.48. The highest BCUT2D eigenvalue weighted by Gasteiger charge is 2.18. The van der Waals surface area contributed by atoms with Crippen molar-refractivity contribution in [1.29, 1.82) is 0 Å². The molecule has 0 radical (unpaired) electrons. The SMILES string of the molecule is CCCCCCCN1C=C/C(=C/C=C2\C(C)=Nc3ccccc32)c2ccccc21. The molecule has 4 rings (SSSR count). The predicted octanol–water partition coefficient (Wildman–Crippen LogP) is 7.56. The third-order valence-corrected chi connectivity index (χ3v) is 5.76. The van der Waals surface area contributed by atoms with Crippen LogP contribution in [0.4, 0.5) is 11.4 Å². The molecule has 0 saturated carbocycles. The minimum atomic E-state index is 1.07. The fourth-order valence-electron chi connectivity index (χ4n) is 4.15. The minimum Gasteiger partial charge on any atom is -0.347 e. The van der Waals surface area contributed by atoms with Crippen LogP contribution in [-0.4, -0.2) is 12.3 Å². The molecule has 2 nitrogen and oxygen atoms in total. The Bertz CT molecular complexity index is 991. The Morgan fingerprint density at radius 1 is 0.862 bits per heavy atom. The highest BCUT2D eigenvalue weighted by molar-refractivity contribution is 6.28. The molecule has 0 unspecified atom stereocenters. The van der Waals surface area contributed by atoms with E-state index in [4.69, 9.17) is 4.99 Å². The zero-order chi connectivity index (χ0) is 20.1. The maximum Gasteiger partial charge on any atom is 0.0712 e. The van der Waals surface area contributed by atoms with E-state index in [0.29, 0.717) is 0 Å². The molecule has 2 aromatic rings. The number of rotatable bonds is 7. The van der Waals surface area contributed by atoms with Crippen LogP contribution in [0.25, 0.3) is 11.1 Å². The Labute approximate surface area is 175 Å². The second kappa shape index (κ2) is 9.09. The topological polar surface area (TPSA) is 15.6 Å². The van der Waals surface area contributed by atoms with Gasteiger partial charge in [0.1, 0.15) is 0 Å². The first-order valence-electron chi connectivity index (χ1n) is 10.9. The van der Waals surface area contributed by atoms with E-state index in [1.807, 2.05) is 6.07 Å². The van der Waals surface area contributed by atoms with Crippen LogP contribution in [0.1, 0.15) is 57.1 Å². The van der Waals surface area contributed by atoms with Crippen molar-refractivity contribution in [2.75, 3.05) is 11.4 Å². The second-order valence-electron chi connectivity index (χ2n) is 7.86. The molecule has 29 heavy (non-hydrogen) atoms. The van der Waals surface area contributed by atoms with Gasteiger partial charge in [0.25, 0.3) is 0 Å². The standard InChI is InChI=1S/C27H30N2/c1-3-4-5-6-11-19-29-20-18-22(24-12-8-10-15-27(24)29)16-17-23-21(2)28-26-14-9-7-13-25(23)26/h7-10,12-18,20H,3-6,11,19H2,1-2H3/b22-16-,23-17+. The average molecular weight is 383 g/mol. The number of nitrogens with zero attached hydrogens (tertiary/aromatic N) is 2. The summed E-state index contributed by atoms with van der Waals surface area (Å²) < 4.78 is 0. The van der Waals surface area contributed by atoms with E-state index in [1.165, 1.54) is 60.1 Å². The summed E-state index contributed by atoms with van der Waals surface area (Å²) in [5, 5.41) is 0. The van der Waals surface area contributed by atoms with E-state index in [0.717, 1.165) is 17.9 Å². The fraction of sp³-hybridized carbons (Fsp3) is 0.296. The number of benzene rings is 2. The van der Waals surface area contributed by atoms with Crippen molar-refractivity contribution in [3.8, 4) is 0 Å². The lowest BCUT2D eigenvalue weighted by Crippen LogP contribution is -2.21. The maximum atomic E-state index is 4.70. The van der Waals surface area contributed by atoms with Crippen molar-refractivity contribution in [3.63, 3.8) is 0 Å².